The van der Waals surface area contributed by atoms with Crippen molar-refractivity contribution in [3.63, 3.8) is 0 Å². The van der Waals surface area contributed by atoms with Gasteiger partial charge in [-0.05, 0) is 64.0 Å². The van der Waals surface area contributed by atoms with E-state index in [0.717, 1.165) is 32.2 Å². The molecule has 0 radical (unpaired) electrons. The van der Waals surface area contributed by atoms with Crippen molar-refractivity contribution in [3.05, 3.63) is 24.0 Å². The monoisotopic (exact) mass is 314 g/mol. The maximum absolute atomic E-state index is 13.9. The third-order valence-corrected chi connectivity index (χ3v) is 5.33. The molecule has 0 saturated carbocycles. The summed E-state index contributed by atoms with van der Waals surface area (Å²) in [5.41, 5.74) is 0.268. The van der Waals surface area contributed by atoms with Gasteiger partial charge in [0.1, 0.15) is 5.82 Å². The van der Waals surface area contributed by atoms with E-state index in [-0.39, 0.29) is 16.6 Å². The van der Waals surface area contributed by atoms with E-state index >= 15 is 0 Å². The van der Waals surface area contributed by atoms with Gasteiger partial charge in [-0.15, -0.1) is 0 Å². The summed E-state index contributed by atoms with van der Waals surface area (Å²) in [6.07, 6.45) is 3.26. The lowest BCUT2D eigenvalue weighted by molar-refractivity contribution is 0.208. The van der Waals surface area contributed by atoms with E-state index in [9.17, 15) is 12.8 Å². The first-order chi connectivity index (χ1) is 9.77. The third-order valence-electron chi connectivity index (χ3n) is 4.22. The molecule has 0 spiro atoms. The fourth-order valence-corrected chi connectivity index (χ4v) is 3.38. The molecule has 1 aromatic carbocycles. The number of halogens is 1. The van der Waals surface area contributed by atoms with Gasteiger partial charge in [-0.25, -0.2) is 12.8 Å². The second-order valence-electron chi connectivity index (χ2n) is 5.99. The molecule has 0 aromatic heterocycles. The van der Waals surface area contributed by atoms with Crippen molar-refractivity contribution in [1.82, 2.24) is 4.90 Å². The average molecular weight is 314 g/mol. The third kappa shape index (κ3) is 4.17. The normalized spacial score (nSPS) is 19.4. The van der Waals surface area contributed by atoms with E-state index in [4.69, 9.17) is 0 Å². The Morgan fingerprint density at radius 2 is 1.95 bits per heavy atom. The van der Waals surface area contributed by atoms with Crippen LogP contribution in [0.15, 0.2) is 23.1 Å². The van der Waals surface area contributed by atoms with Gasteiger partial charge in [0.15, 0.2) is 9.84 Å². The van der Waals surface area contributed by atoms with Gasteiger partial charge in [-0.1, -0.05) is 0 Å². The molecular formula is C15H23FN2O2S. The quantitative estimate of drug-likeness (QED) is 0.867. The Morgan fingerprint density at radius 3 is 2.52 bits per heavy atom. The van der Waals surface area contributed by atoms with E-state index in [1.807, 2.05) is 6.92 Å². The first kappa shape index (κ1) is 16.2. The Morgan fingerprint density at radius 1 is 1.33 bits per heavy atom. The van der Waals surface area contributed by atoms with Crippen LogP contribution in [0.1, 0.15) is 19.8 Å². The summed E-state index contributed by atoms with van der Waals surface area (Å²) >= 11 is 0. The average Bonchev–Trinajstić information content (AvgIpc) is 2.40. The van der Waals surface area contributed by atoms with Crippen LogP contribution in [0.25, 0.3) is 0 Å². The van der Waals surface area contributed by atoms with Gasteiger partial charge in [0.25, 0.3) is 0 Å². The molecule has 0 amide bonds. The maximum atomic E-state index is 13.9. The highest BCUT2D eigenvalue weighted by atomic mass is 32.2. The molecule has 21 heavy (non-hydrogen) atoms. The molecule has 1 aliphatic heterocycles. The van der Waals surface area contributed by atoms with Crippen LogP contribution in [0.4, 0.5) is 10.1 Å². The summed E-state index contributed by atoms with van der Waals surface area (Å²) in [7, 11) is -1.22. The van der Waals surface area contributed by atoms with E-state index in [2.05, 4.69) is 17.3 Å². The smallest absolute Gasteiger partial charge is 0.175 e. The van der Waals surface area contributed by atoms with Crippen LogP contribution in [0.5, 0.6) is 0 Å². The number of hydrogen-bond acceptors (Lipinski definition) is 4. The number of rotatable bonds is 4. The lowest BCUT2D eigenvalue weighted by Gasteiger charge is -2.33. The standard InChI is InChI=1S/C15H23FN2O2S/c1-11(12-6-8-18(2)9-7-12)17-15-10-13(21(3,19)20)4-5-14(15)16/h4-5,10-12,17H,6-9H2,1-3H3. The molecule has 2 rings (SSSR count). The Bertz CT molecular complexity index is 596. The number of anilines is 1. The van der Waals surface area contributed by atoms with Crippen LogP contribution in [-0.2, 0) is 9.84 Å². The molecule has 4 nitrogen and oxygen atoms in total. The van der Waals surface area contributed by atoms with E-state index in [0.29, 0.717) is 5.92 Å². The van der Waals surface area contributed by atoms with Gasteiger partial charge in [-0.2, -0.15) is 0 Å². The van der Waals surface area contributed by atoms with Crippen molar-refractivity contribution in [2.75, 3.05) is 31.7 Å². The largest absolute Gasteiger partial charge is 0.380 e. The Kier molecular flexibility index (Phi) is 4.88. The molecule has 6 heteroatoms. The van der Waals surface area contributed by atoms with Crippen LogP contribution >= 0.6 is 0 Å². The Hall–Kier alpha value is -1.14. The summed E-state index contributed by atoms with van der Waals surface area (Å²) in [5, 5.41) is 3.15. The predicted molar refractivity (Wildman–Crippen MR) is 82.8 cm³/mol. The summed E-state index contributed by atoms with van der Waals surface area (Å²) in [6, 6.07) is 4.01. The summed E-state index contributed by atoms with van der Waals surface area (Å²) in [6.45, 7) is 4.12. The fourth-order valence-electron chi connectivity index (χ4n) is 2.74. The first-order valence-corrected chi connectivity index (χ1v) is 9.11. The molecule has 1 fully saturated rings. The zero-order valence-corrected chi connectivity index (χ0v) is 13.6. The first-order valence-electron chi connectivity index (χ1n) is 7.22. The van der Waals surface area contributed by atoms with Gasteiger partial charge in [0.2, 0.25) is 0 Å². The predicted octanol–water partition coefficient (Wildman–Crippen LogP) is 2.37. The molecule has 1 saturated heterocycles. The highest BCUT2D eigenvalue weighted by Gasteiger charge is 2.23. The van der Waals surface area contributed by atoms with Crippen LogP contribution in [0.3, 0.4) is 0 Å². The number of sulfone groups is 1. The number of likely N-dealkylation sites (tertiary alicyclic amines) is 1. The van der Waals surface area contributed by atoms with Gasteiger partial charge >= 0.3 is 0 Å². The van der Waals surface area contributed by atoms with Gasteiger partial charge in [0, 0.05) is 12.3 Å². The highest BCUT2D eigenvalue weighted by molar-refractivity contribution is 7.90. The summed E-state index contributed by atoms with van der Waals surface area (Å²) < 4.78 is 37.0. The number of benzene rings is 1. The van der Waals surface area contributed by atoms with Crippen molar-refractivity contribution >= 4 is 15.5 Å². The van der Waals surface area contributed by atoms with Gasteiger partial charge < -0.3 is 10.2 Å². The minimum atomic E-state index is -3.32. The van der Waals surface area contributed by atoms with Crippen molar-refractivity contribution in [1.29, 1.82) is 0 Å². The number of hydrogen-bond donors (Lipinski definition) is 1. The molecule has 1 aromatic rings. The number of nitrogens with one attached hydrogen (secondary N) is 1. The Labute approximate surface area is 126 Å². The lowest BCUT2D eigenvalue weighted by atomic mass is 9.90. The van der Waals surface area contributed by atoms with Crippen molar-refractivity contribution in [2.45, 2.75) is 30.7 Å². The number of piperidine rings is 1. The minimum absolute atomic E-state index is 0.114. The molecule has 1 N–H and O–H groups in total. The minimum Gasteiger partial charge on any atom is -0.380 e. The maximum Gasteiger partial charge on any atom is 0.175 e. The van der Waals surface area contributed by atoms with Gasteiger partial charge in [-0.3, -0.25) is 0 Å². The van der Waals surface area contributed by atoms with Crippen molar-refractivity contribution in [2.24, 2.45) is 5.92 Å². The zero-order valence-electron chi connectivity index (χ0n) is 12.8. The highest BCUT2D eigenvalue weighted by Crippen LogP contribution is 2.25. The lowest BCUT2D eigenvalue weighted by Crippen LogP contribution is -2.37. The topological polar surface area (TPSA) is 49.4 Å². The van der Waals surface area contributed by atoms with Crippen LogP contribution in [-0.4, -0.2) is 45.8 Å². The number of nitrogens with zero attached hydrogens (tertiary/aromatic N) is 1. The van der Waals surface area contributed by atoms with Gasteiger partial charge in [0.05, 0.1) is 10.6 Å². The van der Waals surface area contributed by atoms with E-state index in [1.165, 1.54) is 18.2 Å². The Balaban J connectivity index is 2.11. The van der Waals surface area contributed by atoms with E-state index in [1.54, 1.807) is 0 Å². The molecule has 0 bridgehead atoms. The molecule has 0 aliphatic carbocycles. The molecule has 1 aliphatic rings. The zero-order chi connectivity index (χ0) is 15.6. The SMILES string of the molecule is CC(Nc1cc(S(C)(=O)=O)ccc1F)C1CCN(C)CC1. The molecular weight excluding hydrogens is 291 g/mol. The second-order valence-corrected chi connectivity index (χ2v) is 8.00. The van der Waals surface area contributed by atoms with Crippen molar-refractivity contribution in [3.8, 4) is 0 Å². The summed E-state index contributed by atoms with van der Waals surface area (Å²) in [5.74, 6) is 0.0599. The van der Waals surface area contributed by atoms with Crippen LogP contribution in [0.2, 0.25) is 0 Å². The summed E-state index contributed by atoms with van der Waals surface area (Å²) in [4.78, 5) is 2.43. The van der Waals surface area contributed by atoms with Crippen LogP contribution in [0, 0.1) is 11.7 Å². The molecule has 1 heterocycles. The second kappa shape index (κ2) is 6.32. The fraction of sp³-hybridized carbons (Fsp3) is 0.600. The van der Waals surface area contributed by atoms with Crippen LogP contribution < -0.4 is 5.32 Å². The molecule has 1 unspecified atom stereocenters. The molecule has 1 atom stereocenters. The van der Waals surface area contributed by atoms with E-state index < -0.39 is 15.7 Å². The molecule has 118 valence electrons. The van der Waals surface area contributed by atoms with Crippen molar-refractivity contribution < 1.29 is 12.8 Å².